The average Bonchev–Trinajstić information content (AvgIpc) is 1.77. The second kappa shape index (κ2) is 3.43. The van der Waals surface area contributed by atoms with Crippen LogP contribution in [-0.4, -0.2) is 34.4 Å². The van der Waals surface area contributed by atoms with Gasteiger partial charge in [-0.2, -0.15) is 13.2 Å². The Labute approximate surface area is 74.1 Å². The van der Waals surface area contributed by atoms with Gasteiger partial charge in [-0.05, 0) is 20.8 Å². The molecular weight excluding hydrogens is 187 g/mol. The molecule has 0 aliphatic heterocycles. The van der Waals surface area contributed by atoms with Crippen molar-refractivity contribution in [3.05, 3.63) is 0 Å². The number of nitrogens with zero attached hydrogens (tertiary/aromatic N) is 1. The summed E-state index contributed by atoms with van der Waals surface area (Å²) in [6, 6.07) is 0. The number of carbonyl (C=O) groups is 1. The Morgan fingerprint density at radius 2 is 1.69 bits per heavy atom. The first-order chi connectivity index (χ1) is 5.54. The molecule has 6 heteroatoms. The van der Waals surface area contributed by atoms with Crippen molar-refractivity contribution < 1.29 is 23.1 Å². The summed E-state index contributed by atoms with van der Waals surface area (Å²) in [6.07, 6.45) is -6.06. The van der Waals surface area contributed by atoms with Gasteiger partial charge >= 0.3 is 12.3 Å². The minimum Gasteiger partial charge on any atom is -0.465 e. The highest BCUT2D eigenvalue weighted by Gasteiger charge is 2.38. The minimum absolute atomic E-state index is 0.354. The number of amides is 1. The van der Waals surface area contributed by atoms with E-state index in [1.165, 1.54) is 20.8 Å². The second-order valence-electron chi connectivity index (χ2n) is 3.65. The van der Waals surface area contributed by atoms with Crippen LogP contribution in [0.3, 0.4) is 0 Å². The lowest BCUT2D eigenvalue weighted by Gasteiger charge is -2.33. The Morgan fingerprint density at radius 3 is 1.77 bits per heavy atom. The van der Waals surface area contributed by atoms with Gasteiger partial charge in [0.2, 0.25) is 0 Å². The van der Waals surface area contributed by atoms with Crippen molar-refractivity contribution in [3.8, 4) is 0 Å². The van der Waals surface area contributed by atoms with Gasteiger partial charge in [0.05, 0.1) is 0 Å². The summed E-state index contributed by atoms with van der Waals surface area (Å²) in [6.45, 7) is 2.79. The van der Waals surface area contributed by atoms with Crippen molar-refractivity contribution in [2.45, 2.75) is 32.5 Å². The predicted molar refractivity (Wildman–Crippen MR) is 40.5 cm³/mol. The lowest BCUT2D eigenvalue weighted by Crippen LogP contribution is -2.49. The van der Waals surface area contributed by atoms with E-state index in [-0.39, 0.29) is 0 Å². The van der Waals surface area contributed by atoms with Crippen LogP contribution in [0, 0.1) is 0 Å². The SMILES string of the molecule is CC(C)(C)N(CC(F)(F)F)C(=O)O. The van der Waals surface area contributed by atoms with Crippen LogP contribution in [-0.2, 0) is 0 Å². The Kier molecular flexibility index (Phi) is 3.18. The number of hydrogen-bond donors (Lipinski definition) is 1. The predicted octanol–water partition coefficient (Wildman–Crippen LogP) is 2.33. The molecule has 0 rings (SSSR count). The van der Waals surface area contributed by atoms with E-state index in [4.69, 9.17) is 5.11 Å². The molecule has 0 atom stereocenters. The van der Waals surface area contributed by atoms with Crippen LogP contribution in [0.25, 0.3) is 0 Å². The summed E-state index contributed by atoms with van der Waals surface area (Å²) in [5, 5.41) is 8.50. The zero-order valence-electron chi connectivity index (χ0n) is 7.64. The van der Waals surface area contributed by atoms with E-state index in [1.54, 1.807) is 0 Å². The topological polar surface area (TPSA) is 40.5 Å². The first kappa shape index (κ1) is 12.1. The van der Waals surface area contributed by atoms with Crippen molar-refractivity contribution in [3.63, 3.8) is 0 Å². The number of halogens is 3. The molecule has 0 radical (unpaired) electrons. The van der Waals surface area contributed by atoms with Crippen LogP contribution in [0.5, 0.6) is 0 Å². The van der Waals surface area contributed by atoms with Gasteiger partial charge in [0.15, 0.2) is 0 Å². The monoisotopic (exact) mass is 199 g/mol. The summed E-state index contributed by atoms with van der Waals surface area (Å²) in [7, 11) is 0. The molecule has 0 saturated heterocycles. The van der Waals surface area contributed by atoms with Gasteiger partial charge in [-0.25, -0.2) is 4.79 Å². The van der Waals surface area contributed by atoms with E-state index in [0.29, 0.717) is 4.90 Å². The maximum absolute atomic E-state index is 11.9. The van der Waals surface area contributed by atoms with E-state index in [1.807, 2.05) is 0 Å². The summed E-state index contributed by atoms with van der Waals surface area (Å²) in [4.78, 5) is 10.8. The maximum atomic E-state index is 11.9. The summed E-state index contributed by atoms with van der Waals surface area (Å²) in [5.41, 5.74) is -1.04. The van der Waals surface area contributed by atoms with Crippen LogP contribution in [0.1, 0.15) is 20.8 Å². The fraction of sp³-hybridized carbons (Fsp3) is 0.857. The van der Waals surface area contributed by atoms with Crippen LogP contribution in [0.15, 0.2) is 0 Å². The third kappa shape index (κ3) is 4.59. The third-order valence-electron chi connectivity index (χ3n) is 1.38. The molecule has 0 unspecified atom stereocenters. The fourth-order valence-corrected chi connectivity index (χ4v) is 0.771. The zero-order valence-corrected chi connectivity index (χ0v) is 7.64. The van der Waals surface area contributed by atoms with Crippen LogP contribution in [0.2, 0.25) is 0 Å². The fourth-order valence-electron chi connectivity index (χ4n) is 0.771. The molecule has 78 valence electrons. The standard InChI is InChI=1S/C7H12F3NO2/c1-6(2,3)11(5(12)13)4-7(8,9)10/h4H2,1-3H3,(H,12,13). The summed E-state index contributed by atoms with van der Waals surface area (Å²) >= 11 is 0. The van der Waals surface area contributed by atoms with Gasteiger partial charge in [0.25, 0.3) is 0 Å². The Morgan fingerprint density at radius 1 is 1.31 bits per heavy atom. The molecule has 1 amide bonds. The number of carboxylic acid groups (broad SMARTS) is 1. The first-order valence-corrected chi connectivity index (χ1v) is 3.61. The normalized spacial score (nSPS) is 12.8. The second-order valence-corrected chi connectivity index (χ2v) is 3.65. The van der Waals surface area contributed by atoms with Gasteiger partial charge in [-0.15, -0.1) is 0 Å². The average molecular weight is 199 g/mol. The highest BCUT2D eigenvalue weighted by molar-refractivity contribution is 5.66. The van der Waals surface area contributed by atoms with Crippen molar-refractivity contribution in [2.24, 2.45) is 0 Å². The van der Waals surface area contributed by atoms with E-state index >= 15 is 0 Å². The molecule has 0 fully saturated rings. The number of alkyl halides is 3. The molecule has 0 aromatic rings. The van der Waals surface area contributed by atoms with Gasteiger partial charge in [-0.3, -0.25) is 4.90 Å². The van der Waals surface area contributed by atoms with Crippen LogP contribution < -0.4 is 0 Å². The van der Waals surface area contributed by atoms with Crippen molar-refractivity contribution >= 4 is 6.09 Å². The Bertz CT molecular complexity index is 195. The number of hydrogen-bond acceptors (Lipinski definition) is 1. The highest BCUT2D eigenvalue weighted by atomic mass is 19.4. The van der Waals surface area contributed by atoms with Gasteiger partial charge in [0.1, 0.15) is 6.54 Å². The van der Waals surface area contributed by atoms with Crippen molar-refractivity contribution in [1.29, 1.82) is 0 Å². The lowest BCUT2D eigenvalue weighted by atomic mass is 10.1. The molecule has 13 heavy (non-hydrogen) atoms. The molecule has 0 bridgehead atoms. The maximum Gasteiger partial charge on any atom is 0.408 e. The van der Waals surface area contributed by atoms with Crippen molar-refractivity contribution in [2.75, 3.05) is 6.54 Å². The third-order valence-corrected chi connectivity index (χ3v) is 1.38. The van der Waals surface area contributed by atoms with Crippen LogP contribution in [0.4, 0.5) is 18.0 Å². The molecule has 0 spiro atoms. The quantitative estimate of drug-likeness (QED) is 0.704. The van der Waals surface area contributed by atoms with E-state index in [2.05, 4.69) is 0 Å². The molecule has 1 N–H and O–H groups in total. The zero-order chi connectivity index (χ0) is 10.9. The minimum atomic E-state index is -4.49. The smallest absolute Gasteiger partial charge is 0.408 e. The lowest BCUT2D eigenvalue weighted by molar-refractivity contribution is -0.150. The Balaban J connectivity index is 4.56. The molecular formula is C7H12F3NO2. The van der Waals surface area contributed by atoms with Gasteiger partial charge in [-0.1, -0.05) is 0 Å². The Hall–Kier alpha value is -0.940. The molecule has 3 nitrogen and oxygen atoms in total. The molecule has 0 aliphatic rings. The van der Waals surface area contributed by atoms with Crippen molar-refractivity contribution in [1.82, 2.24) is 4.90 Å². The van der Waals surface area contributed by atoms with Gasteiger partial charge < -0.3 is 5.11 Å². The molecule has 0 aromatic carbocycles. The summed E-state index contributed by atoms with van der Waals surface area (Å²) in [5.74, 6) is 0. The molecule has 0 aromatic heterocycles. The van der Waals surface area contributed by atoms with E-state index in [9.17, 15) is 18.0 Å². The van der Waals surface area contributed by atoms with E-state index in [0.717, 1.165) is 0 Å². The van der Waals surface area contributed by atoms with E-state index < -0.39 is 24.4 Å². The highest BCUT2D eigenvalue weighted by Crippen LogP contribution is 2.22. The molecule has 0 aliphatic carbocycles. The first-order valence-electron chi connectivity index (χ1n) is 3.61. The molecule has 0 heterocycles. The molecule has 0 saturated carbocycles. The van der Waals surface area contributed by atoms with Gasteiger partial charge in [0, 0.05) is 5.54 Å². The largest absolute Gasteiger partial charge is 0.465 e. The van der Waals surface area contributed by atoms with Crippen LogP contribution >= 0.6 is 0 Å². The summed E-state index contributed by atoms with van der Waals surface area (Å²) < 4.78 is 35.7. The number of rotatable bonds is 1.